The lowest BCUT2D eigenvalue weighted by molar-refractivity contribution is -0.167. The van der Waals surface area contributed by atoms with Gasteiger partial charge in [-0.25, -0.2) is 4.79 Å². The molecule has 5 nitrogen and oxygen atoms in total. The Morgan fingerprint density at radius 1 is 1.36 bits per heavy atom. The fraction of sp³-hybridized carbons (Fsp3) is 0.929. The van der Waals surface area contributed by atoms with Gasteiger partial charge in [0, 0.05) is 5.41 Å². The molecule has 0 heterocycles. The maximum absolute atomic E-state index is 13.2. The number of hydrogen-bond acceptors (Lipinski definition) is 4. The summed E-state index contributed by atoms with van der Waals surface area (Å²) in [7, 11) is -5.82. The van der Waals surface area contributed by atoms with Crippen LogP contribution < -0.4 is 0 Å². The second-order valence-electron chi connectivity index (χ2n) is 6.44. The average molecular weight is 342 g/mol. The standard InChI is InChI=1S/C14H24F2O5S/c1-4-11-6-10(3)7-13(5-2,8-11)9-21-12(17)14(15,16)22(18,19)20/h10-11H,4-9H2,1-3H3,(H,18,19,20). The van der Waals surface area contributed by atoms with Gasteiger partial charge in [-0.05, 0) is 37.5 Å². The van der Waals surface area contributed by atoms with Crippen LogP contribution >= 0.6 is 0 Å². The molecule has 1 rings (SSSR count). The summed E-state index contributed by atoms with van der Waals surface area (Å²) >= 11 is 0. The minimum atomic E-state index is -5.82. The Balaban J connectivity index is 2.81. The molecule has 1 fully saturated rings. The second-order valence-corrected chi connectivity index (χ2v) is 7.91. The molecule has 130 valence electrons. The van der Waals surface area contributed by atoms with Crippen molar-refractivity contribution in [3.63, 3.8) is 0 Å². The summed E-state index contributed by atoms with van der Waals surface area (Å²) in [5, 5.41) is -4.92. The predicted octanol–water partition coefficient (Wildman–Crippen LogP) is 3.25. The van der Waals surface area contributed by atoms with Gasteiger partial charge in [-0.1, -0.05) is 27.2 Å². The fourth-order valence-corrected chi connectivity index (χ4v) is 3.67. The molecule has 0 aliphatic heterocycles. The number of esters is 1. The Morgan fingerprint density at radius 3 is 2.41 bits per heavy atom. The van der Waals surface area contributed by atoms with E-state index in [1.807, 2.05) is 6.92 Å². The van der Waals surface area contributed by atoms with Crippen molar-refractivity contribution in [2.24, 2.45) is 17.3 Å². The zero-order valence-electron chi connectivity index (χ0n) is 13.1. The van der Waals surface area contributed by atoms with Crippen LogP contribution in [0.5, 0.6) is 0 Å². The van der Waals surface area contributed by atoms with Gasteiger partial charge < -0.3 is 4.74 Å². The molecule has 0 amide bonds. The van der Waals surface area contributed by atoms with E-state index in [1.54, 1.807) is 0 Å². The van der Waals surface area contributed by atoms with Crippen LogP contribution in [0.2, 0.25) is 0 Å². The van der Waals surface area contributed by atoms with Crippen molar-refractivity contribution in [1.29, 1.82) is 0 Å². The highest BCUT2D eigenvalue weighted by atomic mass is 32.2. The van der Waals surface area contributed by atoms with E-state index in [2.05, 4.69) is 18.6 Å². The van der Waals surface area contributed by atoms with Gasteiger partial charge >= 0.3 is 21.3 Å². The third-order valence-electron chi connectivity index (χ3n) is 4.64. The number of rotatable bonds is 6. The molecule has 22 heavy (non-hydrogen) atoms. The van der Waals surface area contributed by atoms with Crippen LogP contribution in [0.15, 0.2) is 0 Å². The van der Waals surface area contributed by atoms with Crippen molar-refractivity contribution in [2.75, 3.05) is 6.61 Å². The molecule has 1 aliphatic rings. The number of carbonyl (C=O) groups excluding carboxylic acids is 1. The highest BCUT2D eigenvalue weighted by Gasteiger charge is 2.54. The average Bonchev–Trinajstić information content (AvgIpc) is 2.42. The topological polar surface area (TPSA) is 80.7 Å². The molecule has 0 bridgehead atoms. The van der Waals surface area contributed by atoms with Gasteiger partial charge in [0.15, 0.2) is 0 Å². The number of halogens is 2. The first-order valence-electron chi connectivity index (χ1n) is 7.49. The lowest BCUT2D eigenvalue weighted by Crippen LogP contribution is -2.42. The molecule has 0 aromatic heterocycles. The summed E-state index contributed by atoms with van der Waals surface area (Å²) in [4.78, 5) is 11.3. The molecule has 0 radical (unpaired) electrons. The summed E-state index contributed by atoms with van der Waals surface area (Å²) in [6.07, 6.45) is 4.16. The van der Waals surface area contributed by atoms with E-state index >= 15 is 0 Å². The number of carbonyl (C=O) groups is 1. The van der Waals surface area contributed by atoms with Crippen molar-refractivity contribution in [3.05, 3.63) is 0 Å². The van der Waals surface area contributed by atoms with Crippen molar-refractivity contribution in [1.82, 2.24) is 0 Å². The SMILES string of the molecule is CCC1CC(C)CC(CC)(COC(=O)C(F)(F)S(=O)(=O)O)C1. The molecule has 8 heteroatoms. The van der Waals surface area contributed by atoms with Gasteiger partial charge in [-0.3, -0.25) is 4.55 Å². The highest BCUT2D eigenvalue weighted by Crippen LogP contribution is 2.46. The lowest BCUT2D eigenvalue weighted by atomic mass is 9.64. The molecule has 1 aliphatic carbocycles. The molecule has 0 spiro atoms. The maximum atomic E-state index is 13.2. The van der Waals surface area contributed by atoms with Crippen molar-refractivity contribution < 1.29 is 31.3 Å². The van der Waals surface area contributed by atoms with Crippen LogP contribution in [-0.4, -0.2) is 30.8 Å². The Morgan fingerprint density at radius 2 is 1.95 bits per heavy atom. The van der Waals surface area contributed by atoms with E-state index in [-0.39, 0.29) is 6.61 Å². The van der Waals surface area contributed by atoms with E-state index in [0.717, 1.165) is 25.7 Å². The second kappa shape index (κ2) is 6.78. The first-order chi connectivity index (χ1) is 9.97. The number of ether oxygens (including phenoxy) is 1. The van der Waals surface area contributed by atoms with Gasteiger partial charge in [-0.2, -0.15) is 17.2 Å². The molecule has 1 saturated carbocycles. The minimum Gasteiger partial charge on any atom is -0.460 e. The van der Waals surface area contributed by atoms with Crippen molar-refractivity contribution >= 4 is 16.1 Å². The molecule has 3 atom stereocenters. The molecule has 3 unspecified atom stereocenters. The third kappa shape index (κ3) is 4.16. The third-order valence-corrected chi connectivity index (χ3v) is 5.45. The summed E-state index contributed by atoms with van der Waals surface area (Å²) in [6, 6.07) is 0. The Labute approximate surface area is 130 Å². The zero-order valence-corrected chi connectivity index (χ0v) is 14.0. The smallest absolute Gasteiger partial charge is 0.460 e. The normalized spacial score (nSPS) is 30.1. The number of hydrogen-bond donors (Lipinski definition) is 1. The van der Waals surface area contributed by atoms with Gasteiger partial charge in [0.25, 0.3) is 0 Å². The molecular weight excluding hydrogens is 318 g/mol. The quantitative estimate of drug-likeness (QED) is 0.592. The Hall–Kier alpha value is -0.760. The van der Waals surface area contributed by atoms with E-state index < -0.39 is 26.8 Å². The first kappa shape index (κ1) is 19.3. The summed E-state index contributed by atoms with van der Waals surface area (Å²) in [5.41, 5.74) is -0.413. The van der Waals surface area contributed by atoms with E-state index in [0.29, 0.717) is 18.3 Å². The maximum Gasteiger partial charge on any atom is 0.465 e. The van der Waals surface area contributed by atoms with Crippen LogP contribution in [0.3, 0.4) is 0 Å². The summed E-state index contributed by atoms with van der Waals surface area (Å²) < 4.78 is 60.5. The molecule has 0 aromatic carbocycles. The molecular formula is C14H24F2O5S. The van der Waals surface area contributed by atoms with Gasteiger partial charge in [0.2, 0.25) is 0 Å². The molecule has 1 N–H and O–H groups in total. The van der Waals surface area contributed by atoms with E-state index in [4.69, 9.17) is 4.55 Å². The van der Waals surface area contributed by atoms with Crippen LogP contribution in [0.4, 0.5) is 8.78 Å². The van der Waals surface area contributed by atoms with Crippen LogP contribution in [0.1, 0.15) is 52.9 Å². The predicted molar refractivity (Wildman–Crippen MR) is 77.0 cm³/mol. The fourth-order valence-electron chi connectivity index (χ4n) is 3.40. The minimum absolute atomic E-state index is 0.256. The molecule has 0 aromatic rings. The highest BCUT2D eigenvalue weighted by molar-refractivity contribution is 7.87. The summed E-state index contributed by atoms with van der Waals surface area (Å²) in [5.74, 6) is -1.39. The monoisotopic (exact) mass is 342 g/mol. The largest absolute Gasteiger partial charge is 0.465 e. The Kier molecular flexibility index (Phi) is 5.94. The van der Waals surface area contributed by atoms with Gasteiger partial charge in [0.05, 0.1) is 6.61 Å². The van der Waals surface area contributed by atoms with Crippen LogP contribution in [-0.2, 0) is 19.6 Å². The first-order valence-corrected chi connectivity index (χ1v) is 8.93. The van der Waals surface area contributed by atoms with E-state index in [9.17, 15) is 22.0 Å². The Bertz CT molecular complexity index is 505. The molecule has 0 saturated heterocycles. The van der Waals surface area contributed by atoms with Crippen molar-refractivity contribution in [3.8, 4) is 0 Å². The van der Waals surface area contributed by atoms with Gasteiger partial charge in [-0.15, -0.1) is 0 Å². The van der Waals surface area contributed by atoms with Gasteiger partial charge in [0.1, 0.15) is 0 Å². The van der Waals surface area contributed by atoms with Crippen molar-refractivity contribution in [2.45, 2.75) is 58.1 Å². The zero-order chi connectivity index (χ0) is 17.2. The number of alkyl halides is 2. The van der Waals surface area contributed by atoms with Crippen LogP contribution in [0.25, 0.3) is 0 Å². The lowest BCUT2D eigenvalue weighted by Gasteiger charge is -2.43. The van der Waals surface area contributed by atoms with Crippen LogP contribution in [0, 0.1) is 17.3 Å². The van der Waals surface area contributed by atoms with E-state index in [1.165, 1.54) is 0 Å². The summed E-state index contributed by atoms with van der Waals surface area (Å²) in [6.45, 7) is 5.77.